The van der Waals surface area contributed by atoms with Crippen molar-refractivity contribution < 1.29 is 73.2 Å². The zero-order chi connectivity index (χ0) is 57.4. The molecule has 2 aromatic rings. The second-order valence-corrected chi connectivity index (χ2v) is 19.1. The van der Waals surface area contributed by atoms with Crippen LogP contribution in [0.15, 0.2) is 54.6 Å². The van der Waals surface area contributed by atoms with Crippen LogP contribution in [-0.2, 0) is 65.6 Å². The molecule has 0 aliphatic carbocycles. The van der Waals surface area contributed by atoms with E-state index in [2.05, 4.69) is 55.2 Å². The first-order chi connectivity index (χ1) is 35.8. The van der Waals surface area contributed by atoms with Crippen LogP contribution in [0.3, 0.4) is 0 Å². The number of carboxylic acids is 2. The van der Waals surface area contributed by atoms with Gasteiger partial charge < -0.3 is 74.4 Å². The summed E-state index contributed by atoms with van der Waals surface area (Å²) in [4.78, 5) is 145. The molecule has 2 aromatic carbocycles. The molecule has 420 valence electrons. The van der Waals surface area contributed by atoms with Crippen molar-refractivity contribution in [2.45, 2.75) is 141 Å². The molecule has 76 heavy (non-hydrogen) atoms. The number of carbonyl (C=O) groups is 11. The molecule has 0 saturated carbocycles. The van der Waals surface area contributed by atoms with E-state index < -0.39 is 150 Å². The summed E-state index contributed by atoms with van der Waals surface area (Å²) in [6.45, 7) is 8.62. The Bertz CT molecular complexity index is 2330. The highest BCUT2D eigenvalue weighted by Gasteiger charge is 2.37. The molecule has 0 saturated heterocycles. The van der Waals surface area contributed by atoms with Crippen molar-refractivity contribution >= 4 is 77.7 Å². The molecule has 16 N–H and O–H groups in total. The molecular weight excluding hydrogens is 1010 g/mol. The lowest BCUT2D eigenvalue weighted by molar-refractivity contribution is -0.143. The highest BCUT2D eigenvalue weighted by molar-refractivity contribution is 7.80. The van der Waals surface area contributed by atoms with E-state index in [1.165, 1.54) is 38.1 Å². The largest absolute Gasteiger partial charge is 0.508 e. The number of primary amides is 1. The van der Waals surface area contributed by atoms with Gasteiger partial charge in [-0.25, -0.2) is 4.79 Å². The molecule has 0 unspecified atom stereocenters. The summed E-state index contributed by atoms with van der Waals surface area (Å²) in [5.41, 5.74) is 12.6. The molecule has 0 aliphatic rings. The van der Waals surface area contributed by atoms with E-state index in [0.717, 1.165) is 5.56 Å². The fraction of sp³-hybridized carbons (Fsp3) is 0.540. The molecule has 0 fully saturated rings. The van der Waals surface area contributed by atoms with Crippen molar-refractivity contribution in [2.75, 3.05) is 12.4 Å². The minimum atomic E-state index is -1.88. The fourth-order valence-corrected chi connectivity index (χ4v) is 7.65. The number of rotatable bonds is 33. The smallest absolute Gasteiger partial charge is 0.326 e. The van der Waals surface area contributed by atoms with Crippen molar-refractivity contribution in [3.8, 4) is 5.75 Å². The second-order valence-electron chi connectivity index (χ2n) is 18.8. The molecular formula is C50H74N10O15S. The molecule has 0 heterocycles. The van der Waals surface area contributed by atoms with E-state index >= 15 is 0 Å². The van der Waals surface area contributed by atoms with E-state index in [1.54, 1.807) is 58.0 Å². The molecule has 26 heteroatoms. The maximum absolute atomic E-state index is 14.3. The third-order valence-electron chi connectivity index (χ3n) is 12.4. The maximum Gasteiger partial charge on any atom is 0.326 e. The minimum absolute atomic E-state index is 0.130. The quantitative estimate of drug-likeness (QED) is 0.0340. The zero-order valence-electron chi connectivity index (χ0n) is 43.4. The molecule has 2 rings (SSSR count). The maximum atomic E-state index is 14.3. The molecule has 0 radical (unpaired) electrons. The lowest BCUT2D eigenvalue weighted by Gasteiger charge is -2.29. The molecule has 9 amide bonds. The Hall–Kier alpha value is -7.32. The Morgan fingerprint density at radius 2 is 0.974 bits per heavy atom. The summed E-state index contributed by atoms with van der Waals surface area (Å²) >= 11 is 4.19. The van der Waals surface area contributed by atoms with Crippen molar-refractivity contribution in [3.05, 3.63) is 65.7 Å². The zero-order valence-corrected chi connectivity index (χ0v) is 44.3. The van der Waals surface area contributed by atoms with Gasteiger partial charge >= 0.3 is 11.9 Å². The van der Waals surface area contributed by atoms with Crippen LogP contribution in [0.2, 0.25) is 0 Å². The molecule has 0 spiro atoms. The van der Waals surface area contributed by atoms with Crippen LogP contribution in [0, 0.1) is 17.8 Å². The van der Waals surface area contributed by atoms with Crippen molar-refractivity contribution in [1.82, 2.24) is 42.5 Å². The van der Waals surface area contributed by atoms with E-state index in [-0.39, 0.29) is 43.6 Å². The average molecular weight is 1090 g/mol. The SMILES string of the molecule is CC[C@H](C)[C@H](NC(=O)[C@H](Cc1ccc(O)cc1)NC(=O)[C@H](CO)NC(=O)[C@H](CC(=O)O)NC(=O)[C@@H](NC(=O)[C@@H](N)Cc1ccccc1)[C@@H](C)CC)C(=O)N[C@@H](CS)C(=O)N[C@@H](CCC(N)=O)C(=O)N[C@H](C(=O)O)C(C)C. The number of amides is 9. The Kier molecular flexibility index (Phi) is 27.4. The van der Waals surface area contributed by atoms with Gasteiger partial charge in [-0.1, -0.05) is 96.8 Å². The molecule has 25 nitrogen and oxygen atoms in total. The van der Waals surface area contributed by atoms with Gasteiger partial charge in [-0.2, -0.15) is 12.6 Å². The van der Waals surface area contributed by atoms with Crippen molar-refractivity contribution in [1.29, 1.82) is 0 Å². The first-order valence-electron chi connectivity index (χ1n) is 24.7. The van der Waals surface area contributed by atoms with E-state index in [1.807, 2.05) is 0 Å². The first-order valence-corrected chi connectivity index (χ1v) is 25.3. The van der Waals surface area contributed by atoms with E-state index in [9.17, 15) is 73.2 Å². The van der Waals surface area contributed by atoms with Crippen LogP contribution in [0.1, 0.15) is 84.8 Å². The number of phenolic OH excluding ortho intramolecular Hbond substituents is 1. The Balaban J connectivity index is 2.39. The van der Waals surface area contributed by atoms with Crippen LogP contribution in [0.25, 0.3) is 0 Å². The number of nitrogens with two attached hydrogens (primary N) is 2. The number of nitrogens with one attached hydrogen (secondary N) is 8. The molecule has 11 atom stereocenters. The molecule has 0 aliphatic heterocycles. The number of hydrogen-bond donors (Lipinski definition) is 15. The number of aromatic hydroxyl groups is 1. The topological polar surface area (TPSA) is 417 Å². The number of thiol groups is 1. The monoisotopic (exact) mass is 1090 g/mol. The summed E-state index contributed by atoms with van der Waals surface area (Å²) < 4.78 is 0. The number of hydrogen-bond acceptors (Lipinski definition) is 15. The van der Waals surface area contributed by atoms with Gasteiger partial charge in [0.05, 0.1) is 19.1 Å². The number of carboxylic acid groups (broad SMARTS) is 2. The van der Waals surface area contributed by atoms with Crippen LogP contribution >= 0.6 is 12.6 Å². The average Bonchev–Trinajstić information content (AvgIpc) is 3.37. The third kappa shape index (κ3) is 21.5. The number of aliphatic hydroxyl groups excluding tert-OH is 1. The first kappa shape index (κ1) is 64.8. The van der Waals surface area contributed by atoms with Gasteiger partial charge in [0.15, 0.2) is 0 Å². The molecule has 0 bridgehead atoms. The number of phenols is 1. The number of aliphatic hydroxyl groups is 1. The highest BCUT2D eigenvalue weighted by atomic mass is 32.1. The predicted octanol–water partition coefficient (Wildman–Crippen LogP) is -2.12. The third-order valence-corrected chi connectivity index (χ3v) is 12.8. The van der Waals surface area contributed by atoms with Crippen molar-refractivity contribution in [3.63, 3.8) is 0 Å². The lowest BCUT2D eigenvalue weighted by atomic mass is 9.96. The van der Waals surface area contributed by atoms with Gasteiger partial charge in [-0.05, 0) is 53.9 Å². The minimum Gasteiger partial charge on any atom is -0.508 e. The van der Waals surface area contributed by atoms with Crippen LogP contribution in [-0.4, -0.2) is 152 Å². The van der Waals surface area contributed by atoms with Gasteiger partial charge in [0.25, 0.3) is 0 Å². The fourth-order valence-electron chi connectivity index (χ4n) is 7.39. The summed E-state index contributed by atoms with van der Waals surface area (Å²) in [5.74, 6) is -13.9. The number of aliphatic carboxylic acids is 2. The Labute approximate surface area is 446 Å². The van der Waals surface area contributed by atoms with Gasteiger partial charge in [-0.15, -0.1) is 0 Å². The van der Waals surface area contributed by atoms with Crippen LogP contribution < -0.4 is 54.0 Å². The van der Waals surface area contributed by atoms with Crippen LogP contribution in [0.4, 0.5) is 0 Å². The van der Waals surface area contributed by atoms with Gasteiger partial charge in [0.1, 0.15) is 54.1 Å². The Morgan fingerprint density at radius 3 is 1.46 bits per heavy atom. The lowest BCUT2D eigenvalue weighted by Crippen LogP contribution is -2.62. The van der Waals surface area contributed by atoms with Gasteiger partial charge in [0.2, 0.25) is 53.2 Å². The van der Waals surface area contributed by atoms with Gasteiger partial charge in [0, 0.05) is 18.6 Å². The van der Waals surface area contributed by atoms with E-state index in [0.29, 0.717) is 12.0 Å². The standard InChI is InChI=1S/C50H74N10O15S/c1-7-26(5)40(59-42(66)31(51)20-28-12-10-9-11-13-28)48(72)55-34(22-38(64)65)44(68)56-35(23-61)46(70)54-33(21-29-14-16-30(62)17-15-29)45(69)60-41(27(6)8-2)49(73)57-36(24-76)47(71)53-32(18-19-37(52)63)43(67)58-39(25(3)4)50(74)75/h9-17,25-27,31-36,39-41,61-62,76H,7-8,18-24,51H2,1-6H3,(H2,52,63)(H,53,71)(H,54,70)(H,55,72)(H,56,68)(H,57,73)(H,58,67)(H,59,66)(H,60,69)(H,64,65)(H,74,75)/t26-,27-,31-,32-,33-,34-,35-,36-,39-,40-,41-/m0/s1. The van der Waals surface area contributed by atoms with Gasteiger partial charge in [-0.3, -0.25) is 47.9 Å². The number of carbonyl (C=O) groups excluding carboxylic acids is 9. The number of benzene rings is 2. The summed E-state index contributed by atoms with van der Waals surface area (Å²) in [6.07, 6.45) is -1.30. The Morgan fingerprint density at radius 1 is 0.539 bits per heavy atom. The summed E-state index contributed by atoms with van der Waals surface area (Å²) in [7, 11) is 0. The normalized spacial score (nSPS) is 15.4. The predicted molar refractivity (Wildman–Crippen MR) is 278 cm³/mol. The second kappa shape index (κ2) is 32.2. The van der Waals surface area contributed by atoms with E-state index in [4.69, 9.17) is 11.5 Å². The summed E-state index contributed by atoms with van der Waals surface area (Å²) in [5, 5.41) is 59.0. The van der Waals surface area contributed by atoms with Crippen LogP contribution in [0.5, 0.6) is 5.75 Å². The summed E-state index contributed by atoms with van der Waals surface area (Å²) in [6, 6.07) is 0.807. The van der Waals surface area contributed by atoms with Crippen molar-refractivity contribution in [2.24, 2.45) is 29.2 Å². The highest BCUT2D eigenvalue weighted by Crippen LogP contribution is 2.15. The molecule has 0 aromatic heterocycles.